The molecule has 0 aliphatic carbocycles. The Kier molecular flexibility index (Phi) is 6.28. The van der Waals surface area contributed by atoms with Gasteiger partial charge >= 0.3 is 0 Å². The summed E-state index contributed by atoms with van der Waals surface area (Å²) in [6, 6.07) is 7.72. The number of hydrogen-bond donors (Lipinski definition) is 0. The van der Waals surface area contributed by atoms with Gasteiger partial charge in [0.05, 0.1) is 0 Å². The molecule has 0 heterocycles. The maximum absolute atomic E-state index is 11.4. The first-order chi connectivity index (χ1) is 8.20. The summed E-state index contributed by atoms with van der Waals surface area (Å²) >= 11 is 5.63. The fraction of sp³-hybridized carbons (Fsp3) is 0.533. The van der Waals surface area contributed by atoms with E-state index in [0.29, 0.717) is 11.5 Å². The average Bonchev–Trinajstić information content (AvgIpc) is 2.35. The number of hydrogen-bond acceptors (Lipinski definition) is 1. The summed E-state index contributed by atoms with van der Waals surface area (Å²) in [6.45, 7) is 4.38. The molecule has 0 N–H and O–H groups in total. The lowest BCUT2D eigenvalue weighted by Gasteiger charge is -2.17. The highest BCUT2D eigenvalue weighted by atomic mass is 35.5. The molecule has 0 aliphatic heterocycles. The Balaban J connectivity index is 2.83. The predicted molar refractivity (Wildman–Crippen MR) is 73.8 cm³/mol. The van der Waals surface area contributed by atoms with Crippen LogP contribution in [0.4, 0.5) is 0 Å². The summed E-state index contributed by atoms with van der Waals surface area (Å²) < 4.78 is 0. The second kappa shape index (κ2) is 7.50. The quantitative estimate of drug-likeness (QED) is 0.485. The van der Waals surface area contributed by atoms with Gasteiger partial charge in [-0.05, 0) is 42.0 Å². The lowest BCUT2D eigenvalue weighted by Crippen LogP contribution is -2.04. The standard InChI is InChI=1S/C15H21ClO/c1-3-5-6-9-12(4-2)13-10-7-8-11-14(13)15(16)17/h7-8,10-12H,3-6,9H2,1-2H3. The zero-order valence-corrected chi connectivity index (χ0v) is 11.5. The van der Waals surface area contributed by atoms with E-state index >= 15 is 0 Å². The zero-order chi connectivity index (χ0) is 12.7. The van der Waals surface area contributed by atoms with Gasteiger partial charge in [0, 0.05) is 5.56 Å². The number of unbranched alkanes of at least 4 members (excludes halogenated alkanes) is 2. The number of rotatable bonds is 7. The smallest absolute Gasteiger partial charge is 0.252 e. The third-order valence-electron chi connectivity index (χ3n) is 3.26. The van der Waals surface area contributed by atoms with Crippen molar-refractivity contribution in [3.05, 3.63) is 35.4 Å². The van der Waals surface area contributed by atoms with Crippen molar-refractivity contribution in [3.8, 4) is 0 Å². The molecule has 0 aliphatic rings. The van der Waals surface area contributed by atoms with E-state index in [-0.39, 0.29) is 5.24 Å². The second-order valence-corrected chi connectivity index (χ2v) is 4.81. The maximum atomic E-state index is 11.4. The van der Waals surface area contributed by atoms with Crippen LogP contribution < -0.4 is 0 Å². The molecular formula is C15H21ClO. The molecule has 2 heteroatoms. The fourth-order valence-electron chi connectivity index (χ4n) is 2.25. The third kappa shape index (κ3) is 4.16. The average molecular weight is 253 g/mol. The monoisotopic (exact) mass is 252 g/mol. The molecule has 1 unspecified atom stereocenters. The van der Waals surface area contributed by atoms with Crippen LogP contribution in [0.1, 0.15) is 67.8 Å². The van der Waals surface area contributed by atoms with Gasteiger partial charge in [-0.2, -0.15) is 0 Å². The van der Waals surface area contributed by atoms with E-state index in [1.807, 2.05) is 24.3 Å². The van der Waals surface area contributed by atoms with Gasteiger partial charge in [0.1, 0.15) is 0 Å². The van der Waals surface area contributed by atoms with Crippen molar-refractivity contribution >= 4 is 16.8 Å². The largest absolute Gasteiger partial charge is 0.276 e. The van der Waals surface area contributed by atoms with Crippen LogP contribution in [0.3, 0.4) is 0 Å². The summed E-state index contributed by atoms with van der Waals surface area (Å²) in [5, 5.41) is -0.338. The number of carbonyl (C=O) groups excluding carboxylic acids is 1. The molecule has 94 valence electrons. The maximum Gasteiger partial charge on any atom is 0.252 e. The van der Waals surface area contributed by atoms with E-state index in [9.17, 15) is 4.79 Å². The summed E-state index contributed by atoms with van der Waals surface area (Å²) in [5.74, 6) is 0.459. The van der Waals surface area contributed by atoms with Crippen LogP contribution in [0.2, 0.25) is 0 Å². The highest BCUT2D eigenvalue weighted by molar-refractivity contribution is 6.67. The lowest BCUT2D eigenvalue weighted by atomic mass is 9.88. The Morgan fingerprint density at radius 1 is 1.24 bits per heavy atom. The third-order valence-corrected chi connectivity index (χ3v) is 3.46. The van der Waals surface area contributed by atoms with Gasteiger partial charge in [0.15, 0.2) is 0 Å². The van der Waals surface area contributed by atoms with Gasteiger partial charge < -0.3 is 0 Å². The molecular weight excluding hydrogens is 232 g/mol. The van der Waals surface area contributed by atoms with Crippen LogP contribution in [-0.2, 0) is 0 Å². The first-order valence-electron chi connectivity index (χ1n) is 6.49. The summed E-state index contributed by atoms with van der Waals surface area (Å²) in [4.78, 5) is 11.4. The highest BCUT2D eigenvalue weighted by Gasteiger charge is 2.15. The Labute approximate surface area is 109 Å². The van der Waals surface area contributed by atoms with Crippen LogP contribution in [-0.4, -0.2) is 5.24 Å². The molecule has 17 heavy (non-hydrogen) atoms. The minimum Gasteiger partial charge on any atom is -0.276 e. The van der Waals surface area contributed by atoms with Gasteiger partial charge in [-0.15, -0.1) is 0 Å². The first kappa shape index (κ1) is 14.2. The number of carbonyl (C=O) groups is 1. The molecule has 1 aromatic carbocycles. The van der Waals surface area contributed by atoms with Crippen LogP contribution in [0, 0.1) is 0 Å². The van der Waals surface area contributed by atoms with E-state index in [1.54, 1.807) is 0 Å². The van der Waals surface area contributed by atoms with Crippen LogP contribution in [0.5, 0.6) is 0 Å². The fourth-order valence-corrected chi connectivity index (χ4v) is 2.42. The molecule has 0 amide bonds. The molecule has 1 nitrogen and oxygen atoms in total. The van der Waals surface area contributed by atoms with E-state index < -0.39 is 0 Å². The lowest BCUT2D eigenvalue weighted by molar-refractivity contribution is 0.108. The van der Waals surface area contributed by atoms with Crippen LogP contribution in [0.25, 0.3) is 0 Å². The molecule has 0 fully saturated rings. The Morgan fingerprint density at radius 3 is 2.53 bits per heavy atom. The molecule has 0 saturated carbocycles. The van der Waals surface area contributed by atoms with Crippen molar-refractivity contribution in [3.63, 3.8) is 0 Å². The van der Waals surface area contributed by atoms with Gasteiger partial charge in [0.2, 0.25) is 0 Å². The minimum absolute atomic E-state index is 0.338. The SMILES string of the molecule is CCCCCC(CC)c1ccccc1C(=O)Cl. The first-order valence-corrected chi connectivity index (χ1v) is 6.87. The van der Waals surface area contributed by atoms with Crippen molar-refractivity contribution in [1.29, 1.82) is 0 Å². The predicted octanol–water partition coefficient (Wildman–Crippen LogP) is 5.14. The molecule has 1 atom stereocenters. The molecule has 0 bridgehead atoms. The molecule has 0 radical (unpaired) electrons. The Bertz CT molecular complexity index is 360. The highest BCUT2D eigenvalue weighted by Crippen LogP contribution is 2.29. The van der Waals surface area contributed by atoms with Gasteiger partial charge in [-0.25, -0.2) is 0 Å². The van der Waals surface area contributed by atoms with E-state index in [2.05, 4.69) is 13.8 Å². The zero-order valence-electron chi connectivity index (χ0n) is 10.7. The van der Waals surface area contributed by atoms with Crippen molar-refractivity contribution < 1.29 is 4.79 Å². The second-order valence-electron chi connectivity index (χ2n) is 4.46. The van der Waals surface area contributed by atoms with E-state index in [1.165, 1.54) is 19.3 Å². The van der Waals surface area contributed by atoms with Crippen molar-refractivity contribution in [2.24, 2.45) is 0 Å². The van der Waals surface area contributed by atoms with Crippen molar-refractivity contribution in [2.75, 3.05) is 0 Å². The summed E-state index contributed by atoms with van der Waals surface area (Å²) in [6.07, 6.45) is 5.91. The van der Waals surface area contributed by atoms with Gasteiger partial charge in [-0.3, -0.25) is 4.79 Å². The summed E-state index contributed by atoms with van der Waals surface area (Å²) in [7, 11) is 0. The minimum atomic E-state index is -0.338. The van der Waals surface area contributed by atoms with E-state index in [4.69, 9.17) is 11.6 Å². The van der Waals surface area contributed by atoms with Crippen LogP contribution in [0.15, 0.2) is 24.3 Å². The molecule has 1 aromatic rings. The number of halogens is 1. The topological polar surface area (TPSA) is 17.1 Å². The van der Waals surface area contributed by atoms with E-state index in [0.717, 1.165) is 18.4 Å². The molecule has 0 aromatic heterocycles. The Hall–Kier alpha value is -0.820. The van der Waals surface area contributed by atoms with Gasteiger partial charge in [0.25, 0.3) is 5.24 Å². The Morgan fingerprint density at radius 2 is 1.94 bits per heavy atom. The molecule has 1 rings (SSSR count). The van der Waals surface area contributed by atoms with Crippen molar-refractivity contribution in [2.45, 2.75) is 51.9 Å². The van der Waals surface area contributed by atoms with Crippen LogP contribution >= 0.6 is 11.6 Å². The summed E-state index contributed by atoms with van der Waals surface area (Å²) in [5.41, 5.74) is 1.80. The number of benzene rings is 1. The van der Waals surface area contributed by atoms with Gasteiger partial charge in [-0.1, -0.05) is 51.3 Å². The normalized spacial score (nSPS) is 12.4. The van der Waals surface area contributed by atoms with Crippen molar-refractivity contribution in [1.82, 2.24) is 0 Å². The molecule has 0 saturated heterocycles. The molecule has 0 spiro atoms.